The van der Waals surface area contributed by atoms with E-state index >= 15 is 0 Å². The molecule has 1 unspecified atom stereocenters. The molecule has 23 heavy (non-hydrogen) atoms. The van der Waals surface area contributed by atoms with Gasteiger partial charge in [0.25, 0.3) is 5.91 Å². The van der Waals surface area contributed by atoms with Crippen molar-refractivity contribution in [3.63, 3.8) is 0 Å². The third-order valence-corrected chi connectivity index (χ3v) is 5.75. The van der Waals surface area contributed by atoms with Crippen LogP contribution in [-0.2, 0) is 19.4 Å². The minimum atomic E-state index is 0. The number of nitrogens with zero attached hydrogens (tertiary/aromatic N) is 2. The number of hydrogen-bond donors (Lipinski definition) is 2. The van der Waals surface area contributed by atoms with E-state index in [2.05, 4.69) is 33.9 Å². The van der Waals surface area contributed by atoms with E-state index in [4.69, 9.17) is 0 Å². The number of amides is 1. The van der Waals surface area contributed by atoms with Gasteiger partial charge in [-0.3, -0.25) is 9.89 Å². The average Bonchev–Trinajstić information content (AvgIpc) is 3.19. The average molecular weight is 353 g/mol. The number of hydrogen-bond acceptors (Lipinski definition) is 4. The molecule has 1 atom stereocenters. The van der Waals surface area contributed by atoms with Crippen LogP contribution in [0.5, 0.6) is 0 Å². The zero-order chi connectivity index (χ0) is 15.1. The first-order valence-corrected chi connectivity index (χ1v) is 8.81. The summed E-state index contributed by atoms with van der Waals surface area (Å²) in [6.07, 6.45) is 2.82. The first-order valence-electron chi connectivity index (χ1n) is 7.93. The zero-order valence-corrected chi connectivity index (χ0v) is 14.7. The van der Waals surface area contributed by atoms with Gasteiger partial charge in [-0.25, -0.2) is 0 Å². The van der Waals surface area contributed by atoms with E-state index < -0.39 is 0 Å². The van der Waals surface area contributed by atoms with Gasteiger partial charge in [0.2, 0.25) is 0 Å². The fourth-order valence-electron chi connectivity index (χ4n) is 3.62. The van der Waals surface area contributed by atoms with E-state index in [0.717, 1.165) is 50.2 Å². The molecule has 2 aromatic heterocycles. The summed E-state index contributed by atoms with van der Waals surface area (Å²) >= 11 is 1.81. The van der Waals surface area contributed by atoms with Crippen molar-refractivity contribution in [3.8, 4) is 0 Å². The minimum Gasteiger partial charge on any atom is -0.330 e. The lowest BCUT2D eigenvalue weighted by Crippen LogP contribution is -2.40. The molecule has 0 aromatic carbocycles. The molecule has 1 amide bonds. The smallest absolute Gasteiger partial charge is 0.275 e. The van der Waals surface area contributed by atoms with E-state index in [1.54, 1.807) is 0 Å². The molecule has 0 aliphatic carbocycles. The van der Waals surface area contributed by atoms with Crippen LogP contribution in [0.4, 0.5) is 0 Å². The topological polar surface area (TPSA) is 61.0 Å². The Labute approximate surface area is 145 Å². The number of nitrogens with one attached hydrogen (secondary N) is 2. The molecule has 124 valence electrons. The van der Waals surface area contributed by atoms with Gasteiger partial charge in [0, 0.05) is 42.2 Å². The molecule has 5 nitrogen and oxygen atoms in total. The predicted molar refractivity (Wildman–Crippen MR) is 93.3 cm³/mol. The van der Waals surface area contributed by atoms with Gasteiger partial charge in [-0.15, -0.1) is 23.7 Å². The summed E-state index contributed by atoms with van der Waals surface area (Å²) in [6.45, 7) is 4.63. The van der Waals surface area contributed by atoms with Crippen molar-refractivity contribution in [1.82, 2.24) is 20.4 Å². The first kappa shape index (κ1) is 16.5. The van der Waals surface area contributed by atoms with Crippen LogP contribution in [0.15, 0.2) is 11.4 Å². The molecule has 0 saturated carbocycles. The fraction of sp³-hybridized carbons (Fsp3) is 0.500. The van der Waals surface area contributed by atoms with E-state index in [9.17, 15) is 4.79 Å². The summed E-state index contributed by atoms with van der Waals surface area (Å²) in [5.41, 5.74) is 4.11. The summed E-state index contributed by atoms with van der Waals surface area (Å²) in [6, 6.07) is 2.36. The lowest BCUT2D eigenvalue weighted by atomic mass is 9.96. The first-order chi connectivity index (χ1) is 10.8. The third-order valence-electron chi connectivity index (χ3n) is 4.75. The number of aromatic amines is 1. The van der Waals surface area contributed by atoms with Crippen LogP contribution in [-0.4, -0.2) is 34.1 Å². The Morgan fingerprint density at radius 2 is 2.35 bits per heavy atom. The number of aromatic nitrogens is 2. The second-order valence-electron chi connectivity index (χ2n) is 5.93. The quantitative estimate of drug-likeness (QED) is 0.873. The molecule has 4 rings (SSSR count). The Morgan fingerprint density at radius 1 is 1.48 bits per heavy atom. The molecule has 0 bridgehead atoms. The molecule has 7 heteroatoms. The van der Waals surface area contributed by atoms with Crippen LogP contribution >= 0.6 is 23.7 Å². The fourth-order valence-corrected chi connectivity index (χ4v) is 4.55. The highest BCUT2D eigenvalue weighted by atomic mass is 35.5. The second kappa shape index (κ2) is 6.63. The van der Waals surface area contributed by atoms with Crippen LogP contribution in [0.1, 0.15) is 51.6 Å². The highest BCUT2D eigenvalue weighted by Crippen LogP contribution is 2.36. The molecule has 0 saturated heterocycles. The van der Waals surface area contributed by atoms with Crippen molar-refractivity contribution in [2.75, 3.05) is 13.1 Å². The van der Waals surface area contributed by atoms with Crippen molar-refractivity contribution in [2.45, 2.75) is 38.8 Å². The number of halogens is 1. The molecule has 2 aliphatic heterocycles. The van der Waals surface area contributed by atoms with Crippen LogP contribution < -0.4 is 5.32 Å². The van der Waals surface area contributed by atoms with Crippen molar-refractivity contribution < 1.29 is 4.79 Å². The highest BCUT2D eigenvalue weighted by molar-refractivity contribution is 7.10. The van der Waals surface area contributed by atoms with Gasteiger partial charge >= 0.3 is 0 Å². The number of carbonyl (C=O) groups is 1. The predicted octanol–water partition coefficient (Wildman–Crippen LogP) is 2.69. The minimum absolute atomic E-state index is 0. The van der Waals surface area contributed by atoms with Gasteiger partial charge in [-0.1, -0.05) is 6.92 Å². The van der Waals surface area contributed by atoms with E-state index in [1.165, 1.54) is 10.4 Å². The monoisotopic (exact) mass is 352 g/mol. The normalized spacial score (nSPS) is 19.7. The summed E-state index contributed by atoms with van der Waals surface area (Å²) in [7, 11) is 0. The number of rotatable bonds is 2. The van der Waals surface area contributed by atoms with Crippen LogP contribution in [0, 0.1) is 0 Å². The summed E-state index contributed by atoms with van der Waals surface area (Å²) < 4.78 is 0. The van der Waals surface area contributed by atoms with Gasteiger partial charge < -0.3 is 10.2 Å². The Kier molecular flexibility index (Phi) is 4.75. The maximum Gasteiger partial charge on any atom is 0.275 e. The molecular weight excluding hydrogens is 332 g/mol. The van der Waals surface area contributed by atoms with Crippen molar-refractivity contribution in [3.05, 3.63) is 38.8 Å². The Balaban J connectivity index is 0.00000156. The Morgan fingerprint density at radius 3 is 3.17 bits per heavy atom. The third kappa shape index (κ3) is 2.69. The zero-order valence-electron chi connectivity index (χ0n) is 13.1. The Bertz CT molecular complexity index is 711. The number of carbonyl (C=O) groups excluding carboxylic acids is 1. The largest absolute Gasteiger partial charge is 0.330 e. The SMILES string of the molecule is CCC1c2ccsc2CCN1C(=O)c1n[nH]c2c1CNCC2.Cl. The summed E-state index contributed by atoms with van der Waals surface area (Å²) in [5, 5.41) is 12.9. The standard InChI is InChI=1S/C16H20N4OS.ClH/c1-2-13-10-5-8-22-14(10)4-7-20(13)16(21)15-11-9-17-6-3-12(11)18-19-15;/h5,8,13,17H,2-4,6-7,9H2,1H3,(H,18,19);1H. The van der Waals surface area contributed by atoms with E-state index in [1.807, 2.05) is 16.2 Å². The molecule has 4 heterocycles. The Hall–Kier alpha value is -1.37. The van der Waals surface area contributed by atoms with Crippen molar-refractivity contribution in [2.24, 2.45) is 0 Å². The van der Waals surface area contributed by atoms with Crippen molar-refractivity contribution >= 4 is 29.7 Å². The van der Waals surface area contributed by atoms with E-state index in [0.29, 0.717) is 5.69 Å². The lowest BCUT2D eigenvalue weighted by molar-refractivity contribution is 0.0650. The maximum absolute atomic E-state index is 13.1. The molecule has 2 N–H and O–H groups in total. The summed E-state index contributed by atoms with van der Waals surface area (Å²) in [5.74, 6) is 0.0740. The molecular formula is C16H21ClN4OS. The lowest BCUT2D eigenvalue weighted by Gasteiger charge is -2.35. The molecule has 0 fully saturated rings. The highest BCUT2D eigenvalue weighted by Gasteiger charge is 2.33. The van der Waals surface area contributed by atoms with Gasteiger partial charge in [-0.2, -0.15) is 5.10 Å². The molecule has 0 radical (unpaired) electrons. The second-order valence-corrected chi connectivity index (χ2v) is 6.93. The van der Waals surface area contributed by atoms with Crippen LogP contribution in [0.2, 0.25) is 0 Å². The van der Waals surface area contributed by atoms with Gasteiger partial charge in [0.1, 0.15) is 0 Å². The van der Waals surface area contributed by atoms with Crippen molar-refractivity contribution in [1.29, 1.82) is 0 Å². The molecule has 0 spiro atoms. The van der Waals surface area contributed by atoms with E-state index in [-0.39, 0.29) is 24.4 Å². The molecule has 2 aliphatic rings. The number of thiophene rings is 1. The van der Waals surface area contributed by atoms with Gasteiger partial charge in [0.05, 0.1) is 6.04 Å². The number of H-pyrrole nitrogens is 1. The van der Waals surface area contributed by atoms with Crippen LogP contribution in [0.25, 0.3) is 0 Å². The van der Waals surface area contributed by atoms with Crippen LogP contribution in [0.3, 0.4) is 0 Å². The maximum atomic E-state index is 13.1. The number of fused-ring (bicyclic) bond motifs is 2. The summed E-state index contributed by atoms with van der Waals surface area (Å²) in [4.78, 5) is 16.5. The van der Waals surface area contributed by atoms with Gasteiger partial charge in [-0.05, 0) is 29.9 Å². The van der Waals surface area contributed by atoms with Gasteiger partial charge in [0.15, 0.2) is 5.69 Å². The molecule has 2 aromatic rings.